The molecule has 0 aliphatic rings. The van der Waals surface area contributed by atoms with Gasteiger partial charge in [0.1, 0.15) is 12.4 Å². The minimum atomic E-state index is -0.838. The van der Waals surface area contributed by atoms with E-state index in [0.717, 1.165) is 9.64 Å². The average molecular weight is 442 g/mol. The maximum Gasteiger partial charge on any atom is 0.246 e. The highest BCUT2D eigenvalue weighted by atomic mass is 127. The van der Waals surface area contributed by atoms with Gasteiger partial charge in [-0.3, -0.25) is 9.48 Å². The number of aromatic nitrogens is 2. The van der Waals surface area contributed by atoms with E-state index in [1.54, 1.807) is 12.4 Å². The molecule has 4 nitrogen and oxygen atoms in total. The maximum absolute atomic E-state index is 13.5. The van der Waals surface area contributed by atoms with Crippen LogP contribution in [0.3, 0.4) is 0 Å². The monoisotopic (exact) mass is 441 g/mol. The van der Waals surface area contributed by atoms with Crippen molar-refractivity contribution in [1.29, 1.82) is 0 Å². The van der Waals surface area contributed by atoms with Gasteiger partial charge in [-0.2, -0.15) is 5.10 Å². The SMILES string of the molecule is O=C(Cn1cc(I)cn1)Nc1c(F)cc(F)cc1Br. The highest BCUT2D eigenvalue weighted by Gasteiger charge is 2.13. The van der Waals surface area contributed by atoms with Crippen molar-refractivity contribution in [2.24, 2.45) is 0 Å². The molecule has 0 saturated heterocycles. The third-order valence-electron chi connectivity index (χ3n) is 2.18. The molecule has 19 heavy (non-hydrogen) atoms. The molecule has 1 heterocycles. The first kappa shape index (κ1) is 14.4. The van der Waals surface area contributed by atoms with E-state index in [9.17, 15) is 13.6 Å². The Morgan fingerprint density at radius 1 is 1.47 bits per heavy atom. The van der Waals surface area contributed by atoms with Gasteiger partial charge in [0.05, 0.1) is 15.5 Å². The quantitative estimate of drug-likeness (QED) is 0.744. The first-order chi connectivity index (χ1) is 8.95. The molecule has 0 aliphatic carbocycles. The van der Waals surface area contributed by atoms with Gasteiger partial charge in [-0.25, -0.2) is 8.78 Å². The van der Waals surface area contributed by atoms with Crippen LogP contribution in [0.25, 0.3) is 0 Å². The minimum absolute atomic E-state index is 0.0493. The van der Waals surface area contributed by atoms with E-state index in [4.69, 9.17) is 0 Å². The van der Waals surface area contributed by atoms with Crippen LogP contribution in [0.2, 0.25) is 0 Å². The van der Waals surface area contributed by atoms with Crippen LogP contribution in [0.1, 0.15) is 0 Å². The topological polar surface area (TPSA) is 46.9 Å². The van der Waals surface area contributed by atoms with Crippen molar-refractivity contribution in [2.75, 3.05) is 5.32 Å². The zero-order chi connectivity index (χ0) is 14.0. The van der Waals surface area contributed by atoms with Crippen LogP contribution in [-0.4, -0.2) is 15.7 Å². The Hall–Kier alpha value is -1.03. The van der Waals surface area contributed by atoms with Crippen molar-refractivity contribution < 1.29 is 13.6 Å². The lowest BCUT2D eigenvalue weighted by Crippen LogP contribution is -2.20. The zero-order valence-electron chi connectivity index (χ0n) is 9.33. The van der Waals surface area contributed by atoms with Crippen LogP contribution in [0.4, 0.5) is 14.5 Å². The lowest BCUT2D eigenvalue weighted by Gasteiger charge is -2.08. The Balaban J connectivity index is 2.11. The number of nitrogens with zero attached hydrogens (tertiary/aromatic N) is 2. The molecule has 2 aromatic rings. The molecule has 0 saturated carbocycles. The van der Waals surface area contributed by atoms with Crippen molar-refractivity contribution in [1.82, 2.24) is 9.78 Å². The zero-order valence-corrected chi connectivity index (χ0v) is 13.1. The van der Waals surface area contributed by atoms with Crippen LogP contribution >= 0.6 is 38.5 Å². The number of hydrogen-bond donors (Lipinski definition) is 1. The average Bonchev–Trinajstić information content (AvgIpc) is 2.69. The molecular weight excluding hydrogens is 435 g/mol. The molecule has 0 spiro atoms. The Kier molecular flexibility index (Phi) is 4.50. The second-order valence-electron chi connectivity index (χ2n) is 3.65. The third-order valence-corrected chi connectivity index (χ3v) is 3.36. The first-order valence-corrected chi connectivity index (χ1v) is 6.95. The smallest absolute Gasteiger partial charge is 0.246 e. The van der Waals surface area contributed by atoms with E-state index in [-0.39, 0.29) is 16.7 Å². The van der Waals surface area contributed by atoms with Crippen molar-refractivity contribution in [3.63, 3.8) is 0 Å². The Morgan fingerprint density at radius 3 is 2.79 bits per heavy atom. The van der Waals surface area contributed by atoms with Crippen molar-refractivity contribution >= 4 is 50.1 Å². The summed E-state index contributed by atoms with van der Waals surface area (Å²) in [7, 11) is 0. The Labute approximate surface area is 129 Å². The van der Waals surface area contributed by atoms with E-state index in [1.807, 2.05) is 0 Å². The molecule has 0 atom stereocenters. The summed E-state index contributed by atoms with van der Waals surface area (Å²) in [5.74, 6) is -2.01. The molecule has 1 amide bonds. The molecular formula is C11H7BrF2IN3O. The van der Waals surface area contributed by atoms with E-state index in [2.05, 4.69) is 48.9 Å². The van der Waals surface area contributed by atoms with Crippen LogP contribution in [0.15, 0.2) is 29.0 Å². The lowest BCUT2D eigenvalue weighted by molar-refractivity contribution is -0.116. The normalized spacial score (nSPS) is 10.5. The fraction of sp³-hybridized carbons (Fsp3) is 0.0909. The van der Waals surface area contributed by atoms with Gasteiger partial charge >= 0.3 is 0 Å². The first-order valence-electron chi connectivity index (χ1n) is 5.08. The lowest BCUT2D eigenvalue weighted by atomic mass is 10.3. The summed E-state index contributed by atoms with van der Waals surface area (Å²) in [6, 6.07) is 1.78. The minimum Gasteiger partial charge on any atom is -0.321 e. The molecule has 0 radical (unpaired) electrons. The molecule has 1 N–H and O–H groups in total. The second kappa shape index (κ2) is 5.95. The van der Waals surface area contributed by atoms with Gasteiger partial charge in [0.15, 0.2) is 5.82 Å². The number of hydrogen-bond acceptors (Lipinski definition) is 2. The Morgan fingerprint density at radius 2 is 2.21 bits per heavy atom. The summed E-state index contributed by atoms with van der Waals surface area (Å²) in [4.78, 5) is 11.7. The van der Waals surface area contributed by atoms with Gasteiger partial charge in [-0.15, -0.1) is 0 Å². The number of carbonyl (C=O) groups is 1. The van der Waals surface area contributed by atoms with Gasteiger partial charge in [-0.05, 0) is 44.6 Å². The molecule has 100 valence electrons. The van der Waals surface area contributed by atoms with Gasteiger partial charge in [0, 0.05) is 16.7 Å². The van der Waals surface area contributed by atoms with Crippen molar-refractivity contribution in [3.05, 3.63) is 44.2 Å². The van der Waals surface area contributed by atoms with Crippen molar-refractivity contribution in [3.8, 4) is 0 Å². The van der Waals surface area contributed by atoms with E-state index < -0.39 is 17.5 Å². The number of amides is 1. The summed E-state index contributed by atoms with van der Waals surface area (Å²) in [6.07, 6.45) is 3.28. The van der Waals surface area contributed by atoms with Gasteiger partial charge in [-0.1, -0.05) is 0 Å². The predicted molar refractivity (Wildman–Crippen MR) is 77.6 cm³/mol. The number of carbonyl (C=O) groups excluding carboxylic acids is 1. The Bertz CT molecular complexity index is 609. The number of halogens is 4. The molecule has 0 unspecified atom stereocenters. The molecule has 1 aromatic carbocycles. The number of anilines is 1. The van der Waals surface area contributed by atoms with E-state index in [1.165, 1.54) is 4.68 Å². The highest BCUT2D eigenvalue weighted by molar-refractivity contribution is 14.1. The molecule has 1 aromatic heterocycles. The number of benzene rings is 1. The molecule has 0 aliphatic heterocycles. The molecule has 0 bridgehead atoms. The number of rotatable bonds is 3. The van der Waals surface area contributed by atoms with E-state index >= 15 is 0 Å². The van der Waals surface area contributed by atoms with Crippen LogP contribution in [-0.2, 0) is 11.3 Å². The molecule has 2 rings (SSSR count). The summed E-state index contributed by atoms with van der Waals surface area (Å²) in [5, 5.41) is 6.31. The molecule has 8 heteroatoms. The van der Waals surface area contributed by atoms with Gasteiger partial charge in [0.2, 0.25) is 5.91 Å². The molecule has 0 fully saturated rings. The van der Waals surface area contributed by atoms with Crippen LogP contribution in [0, 0.1) is 15.2 Å². The number of nitrogens with one attached hydrogen (secondary N) is 1. The predicted octanol–water partition coefficient (Wildman–Crippen LogP) is 3.17. The highest BCUT2D eigenvalue weighted by Crippen LogP contribution is 2.26. The van der Waals surface area contributed by atoms with Crippen molar-refractivity contribution in [2.45, 2.75) is 6.54 Å². The summed E-state index contributed by atoms with van der Waals surface area (Å²) < 4.78 is 28.9. The summed E-state index contributed by atoms with van der Waals surface area (Å²) in [6.45, 7) is -0.0493. The second-order valence-corrected chi connectivity index (χ2v) is 5.75. The standard InChI is InChI=1S/C11H7BrF2IN3O/c12-8-1-6(13)2-9(14)11(8)17-10(19)5-18-4-7(15)3-16-18/h1-4H,5H2,(H,17,19). The fourth-order valence-corrected chi connectivity index (χ4v) is 2.37. The van der Waals surface area contributed by atoms with Gasteiger partial charge in [0.25, 0.3) is 0 Å². The van der Waals surface area contributed by atoms with Crippen LogP contribution < -0.4 is 5.32 Å². The largest absolute Gasteiger partial charge is 0.321 e. The summed E-state index contributed by atoms with van der Waals surface area (Å²) >= 11 is 5.06. The van der Waals surface area contributed by atoms with E-state index in [0.29, 0.717) is 6.07 Å². The third kappa shape index (κ3) is 3.72. The summed E-state index contributed by atoms with van der Waals surface area (Å²) in [5.41, 5.74) is -0.0896. The van der Waals surface area contributed by atoms with Gasteiger partial charge < -0.3 is 5.32 Å². The fourth-order valence-electron chi connectivity index (χ4n) is 1.41. The maximum atomic E-state index is 13.5. The van der Waals surface area contributed by atoms with Crippen LogP contribution in [0.5, 0.6) is 0 Å².